The molecule has 1 atom stereocenters. The molecule has 0 aromatic heterocycles. The van der Waals surface area contributed by atoms with E-state index in [1.54, 1.807) is 0 Å². The first kappa shape index (κ1) is 15.5. The monoisotopic (exact) mass is 250 g/mol. The molecule has 0 aromatic rings. The summed E-state index contributed by atoms with van der Waals surface area (Å²) in [6.45, 7) is 13.2. The molecule has 2 nitrogen and oxygen atoms in total. The van der Waals surface area contributed by atoms with E-state index in [0.717, 1.165) is 19.6 Å². The Bertz CT molecular complexity index is 274. The first-order valence-corrected chi connectivity index (χ1v) is 7.47. The van der Waals surface area contributed by atoms with E-state index in [4.69, 9.17) is 0 Å². The second-order valence-corrected chi connectivity index (χ2v) is 6.43. The van der Waals surface area contributed by atoms with Crippen LogP contribution >= 0.6 is 0 Å². The van der Waals surface area contributed by atoms with E-state index in [-0.39, 0.29) is 5.41 Å². The highest BCUT2D eigenvalue weighted by atomic mass is 15.1. The lowest BCUT2D eigenvalue weighted by atomic mass is 9.98. The minimum absolute atomic E-state index is 0.126. The van der Waals surface area contributed by atoms with Crippen LogP contribution in [-0.2, 0) is 0 Å². The van der Waals surface area contributed by atoms with E-state index in [1.807, 2.05) is 0 Å². The molecular weight excluding hydrogens is 220 g/mol. The van der Waals surface area contributed by atoms with Gasteiger partial charge in [-0.15, -0.1) is 0 Å². The minimum Gasteiger partial charge on any atom is -0.313 e. The molecule has 1 unspecified atom stereocenters. The molecule has 1 fully saturated rings. The van der Waals surface area contributed by atoms with E-state index in [2.05, 4.69) is 49.8 Å². The van der Waals surface area contributed by atoms with Crippen molar-refractivity contribution in [2.24, 2.45) is 5.41 Å². The van der Waals surface area contributed by atoms with Crippen LogP contribution in [0.1, 0.15) is 53.4 Å². The normalized spacial score (nSPS) is 20.6. The standard InChI is InChI=1S/C16H30N2/c1-5-12-18(13-8-10-16(2,3)4)14-15-9-6-7-11-17-15/h15,17H,5-7,9,11-14H2,1-4H3. The van der Waals surface area contributed by atoms with Gasteiger partial charge in [-0.1, -0.05) is 25.2 Å². The van der Waals surface area contributed by atoms with Crippen LogP contribution < -0.4 is 5.32 Å². The van der Waals surface area contributed by atoms with Gasteiger partial charge in [0.2, 0.25) is 0 Å². The van der Waals surface area contributed by atoms with E-state index in [9.17, 15) is 0 Å². The van der Waals surface area contributed by atoms with Gasteiger partial charge in [-0.25, -0.2) is 0 Å². The molecule has 1 N–H and O–H groups in total. The molecule has 1 rings (SSSR count). The zero-order valence-electron chi connectivity index (χ0n) is 12.7. The fourth-order valence-corrected chi connectivity index (χ4v) is 2.36. The van der Waals surface area contributed by atoms with E-state index >= 15 is 0 Å². The predicted octanol–water partition coefficient (Wildman–Crippen LogP) is 2.89. The number of hydrogen-bond acceptors (Lipinski definition) is 2. The summed E-state index contributed by atoms with van der Waals surface area (Å²) < 4.78 is 0. The summed E-state index contributed by atoms with van der Waals surface area (Å²) in [6.07, 6.45) is 5.26. The third-order valence-electron chi connectivity index (χ3n) is 3.20. The van der Waals surface area contributed by atoms with Crippen molar-refractivity contribution in [2.45, 2.75) is 59.4 Å². The zero-order chi connectivity index (χ0) is 13.4. The predicted molar refractivity (Wildman–Crippen MR) is 79.6 cm³/mol. The topological polar surface area (TPSA) is 15.3 Å². The fraction of sp³-hybridized carbons (Fsp3) is 0.875. The molecule has 2 heteroatoms. The van der Waals surface area contributed by atoms with E-state index in [1.165, 1.54) is 32.2 Å². The third kappa shape index (κ3) is 7.03. The number of nitrogens with one attached hydrogen (secondary N) is 1. The number of piperidine rings is 1. The highest BCUT2D eigenvalue weighted by Gasteiger charge is 2.15. The van der Waals surface area contributed by atoms with Crippen LogP contribution in [-0.4, -0.2) is 37.1 Å². The molecule has 0 aromatic carbocycles. The average molecular weight is 250 g/mol. The van der Waals surface area contributed by atoms with Crippen LogP contribution in [0.2, 0.25) is 0 Å². The summed E-state index contributed by atoms with van der Waals surface area (Å²) in [5.41, 5.74) is 0.126. The minimum atomic E-state index is 0.126. The molecule has 0 aliphatic carbocycles. The van der Waals surface area contributed by atoms with Gasteiger partial charge in [0.05, 0.1) is 6.54 Å². The second-order valence-electron chi connectivity index (χ2n) is 6.43. The first-order chi connectivity index (χ1) is 8.51. The van der Waals surface area contributed by atoms with Crippen LogP contribution in [0.4, 0.5) is 0 Å². The van der Waals surface area contributed by atoms with Crippen molar-refractivity contribution in [3.05, 3.63) is 0 Å². The quantitative estimate of drug-likeness (QED) is 0.755. The average Bonchev–Trinajstić information content (AvgIpc) is 2.29. The van der Waals surface area contributed by atoms with Crippen molar-refractivity contribution in [1.29, 1.82) is 0 Å². The van der Waals surface area contributed by atoms with Crippen molar-refractivity contribution in [1.82, 2.24) is 10.2 Å². The largest absolute Gasteiger partial charge is 0.313 e. The van der Waals surface area contributed by atoms with Gasteiger partial charge < -0.3 is 5.32 Å². The molecule has 0 saturated carbocycles. The van der Waals surface area contributed by atoms with Crippen LogP contribution in [0.25, 0.3) is 0 Å². The van der Waals surface area contributed by atoms with Crippen molar-refractivity contribution >= 4 is 0 Å². The van der Waals surface area contributed by atoms with Crippen LogP contribution in [0.3, 0.4) is 0 Å². The highest BCUT2D eigenvalue weighted by Crippen LogP contribution is 2.11. The SMILES string of the molecule is CCCN(CC#CC(C)(C)C)CC1CCCCN1. The van der Waals surface area contributed by atoms with Crippen LogP contribution in [0, 0.1) is 17.3 Å². The second kappa shape index (κ2) is 7.81. The Morgan fingerprint density at radius 2 is 2.06 bits per heavy atom. The van der Waals surface area contributed by atoms with Gasteiger partial charge in [-0.3, -0.25) is 4.90 Å². The summed E-state index contributed by atoms with van der Waals surface area (Å²) in [5, 5.41) is 3.62. The van der Waals surface area contributed by atoms with Gasteiger partial charge in [0.15, 0.2) is 0 Å². The molecule has 1 aliphatic rings. The Hall–Kier alpha value is -0.520. The summed E-state index contributed by atoms with van der Waals surface area (Å²) in [7, 11) is 0. The molecule has 1 saturated heterocycles. The lowest BCUT2D eigenvalue weighted by Crippen LogP contribution is -2.44. The van der Waals surface area contributed by atoms with E-state index < -0.39 is 0 Å². The summed E-state index contributed by atoms with van der Waals surface area (Å²) >= 11 is 0. The number of nitrogens with zero attached hydrogens (tertiary/aromatic N) is 1. The van der Waals surface area contributed by atoms with Gasteiger partial charge in [0, 0.05) is 18.0 Å². The molecule has 1 aliphatic heterocycles. The third-order valence-corrected chi connectivity index (χ3v) is 3.20. The van der Waals surface area contributed by atoms with Crippen molar-refractivity contribution in [3.8, 4) is 11.8 Å². The zero-order valence-corrected chi connectivity index (χ0v) is 12.7. The van der Waals surface area contributed by atoms with Gasteiger partial charge in [-0.2, -0.15) is 0 Å². The van der Waals surface area contributed by atoms with Gasteiger partial charge in [0.1, 0.15) is 0 Å². The Morgan fingerprint density at radius 3 is 2.61 bits per heavy atom. The first-order valence-electron chi connectivity index (χ1n) is 7.47. The molecule has 18 heavy (non-hydrogen) atoms. The Labute approximate surface area is 114 Å². The van der Waals surface area contributed by atoms with Crippen molar-refractivity contribution in [3.63, 3.8) is 0 Å². The van der Waals surface area contributed by atoms with Crippen molar-refractivity contribution < 1.29 is 0 Å². The maximum absolute atomic E-state index is 3.62. The number of hydrogen-bond donors (Lipinski definition) is 1. The van der Waals surface area contributed by atoms with Gasteiger partial charge in [0.25, 0.3) is 0 Å². The van der Waals surface area contributed by atoms with Crippen LogP contribution in [0.15, 0.2) is 0 Å². The van der Waals surface area contributed by atoms with Crippen molar-refractivity contribution in [2.75, 3.05) is 26.2 Å². The molecule has 1 heterocycles. The maximum Gasteiger partial charge on any atom is 0.0602 e. The van der Waals surface area contributed by atoms with E-state index in [0.29, 0.717) is 6.04 Å². The van der Waals surface area contributed by atoms with Gasteiger partial charge in [-0.05, 0) is 53.1 Å². The highest BCUT2D eigenvalue weighted by molar-refractivity contribution is 5.08. The molecule has 0 amide bonds. The summed E-state index contributed by atoms with van der Waals surface area (Å²) in [5.74, 6) is 6.68. The molecule has 0 bridgehead atoms. The summed E-state index contributed by atoms with van der Waals surface area (Å²) in [4.78, 5) is 2.50. The molecule has 104 valence electrons. The fourth-order valence-electron chi connectivity index (χ4n) is 2.36. The summed E-state index contributed by atoms with van der Waals surface area (Å²) in [6, 6.07) is 0.682. The molecule has 0 spiro atoms. The number of rotatable bonds is 5. The lowest BCUT2D eigenvalue weighted by Gasteiger charge is -2.29. The lowest BCUT2D eigenvalue weighted by molar-refractivity contribution is 0.245. The van der Waals surface area contributed by atoms with Crippen LogP contribution in [0.5, 0.6) is 0 Å². The Kier molecular flexibility index (Phi) is 6.75. The Balaban J connectivity index is 2.40. The smallest absolute Gasteiger partial charge is 0.0602 e. The molecule has 0 radical (unpaired) electrons. The Morgan fingerprint density at radius 1 is 1.28 bits per heavy atom. The van der Waals surface area contributed by atoms with Gasteiger partial charge >= 0.3 is 0 Å². The molecular formula is C16H30N2. The maximum atomic E-state index is 3.62.